The maximum absolute atomic E-state index is 14.1. The number of hydrogen-bond acceptors (Lipinski definition) is 9. The number of ether oxygens (including phenoxy) is 2. The second-order valence-corrected chi connectivity index (χ2v) is 7.93. The van der Waals surface area contributed by atoms with Crippen molar-refractivity contribution in [1.82, 2.24) is 24.6 Å². The Kier molecular flexibility index (Phi) is 7.66. The van der Waals surface area contributed by atoms with Gasteiger partial charge in [0.15, 0.2) is 17.6 Å². The molecule has 0 amide bonds. The highest BCUT2D eigenvalue weighted by Gasteiger charge is 2.32. The average Bonchev–Trinajstić information content (AvgIpc) is 3.14. The van der Waals surface area contributed by atoms with Crippen molar-refractivity contribution in [3.05, 3.63) is 47.0 Å². The molecule has 0 aliphatic carbocycles. The first-order valence-corrected chi connectivity index (χ1v) is 11.1. The van der Waals surface area contributed by atoms with Crippen LogP contribution in [0.4, 0.5) is 10.2 Å². The van der Waals surface area contributed by atoms with E-state index >= 15 is 0 Å². The zero-order chi connectivity index (χ0) is 25.9. The maximum Gasteiger partial charge on any atom is 0.258 e. The number of Topliss-reactive ketones (excluding diaryl/α,β-unsaturated/α-hetero) is 1. The molecule has 2 N–H and O–H groups in total. The third-order valence-corrected chi connectivity index (χ3v) is 5.23. The van der Waals surface area contributed by atoms with E-state index in [4.69, 9.17) is 15.2 Å². The Morgan fingerprint density at radius 2 is 1.97 bits per heavy atom. The molecular weight excluding hydrogens is 453 g/mol. The number of carbonyl (C=O) groups is 1. The van der Waals surface area contributed by atoms with Gasteiger partial charge < -0.3 is 20.1 Å². The standard InChI is InChI=1S/C22H22FN7O3.C2H6/c1-11-14-7-12(23)5-6-13(14)19(31)17(10-29(2)3)33-21-18(16(8-24)30(4)28-21)15-9-26-20(25)22(27-15)32-11;1-2/h5-7,9,11,17H,10H2,1-4H3,(H2,25,26);1-2H3. The molecule has 1 aliphatic rings. The van der Waals surface area contributed by atoms with Gasteiger partial charge in [-0.05, 0) is 39.2 Å². The van der Waals surface area contributed by atoms with Crippen LogP contribution in [0.25, 0.3) is 11.3 Å². The number of carbonyl (C=O) groups excluding carboxylic acids is 1. The zero-order valence-corrected chi connectivity index (χ0v) is 20.5. The number of nitrogen functional groups attached to an aromatic ring is 1. The molecule has 184 valence electrons. The summed E-state index contributed by atoms with van der Waals surface area (Å²) in [4.78, 5) is 24.0. The van der Waals surface area contributed by atoms with Crippen LogP contribution in [0, 0.1) is 17.1 Å². The molecule has 4 rings (SSSR count). The molecular formula is C24H28FN7O3. The predicted octanol–water partition coefficient (Wildman–Crippen LogP) is 3.14. The molecule has 1 aromatic carbocycles. The second-order valence-electron chi connectivity index (χ2n) is 7.93. The number of anilines is 1. The summed E-state index contributed by atoms with van der Waals surface area (Å²) in [5.74, 6) is -0.884. The molecule has 0 spiro atoms. The minimum absolute atomic E-state index is 0.00212. The normalized spacial score (nSPS) is 16.8. The molecule has 0 saturated carbocycles. The van der Waals surface area contributed by atoms with Crippen molar-refractivity contribution in [2.75, 3.05) is 26.4 Å². The number of likely N-dealkylation sites (N-methyl/N-ethyl adjacent to an activating group) is 1. The van der Waals surface area contributed by atoms with Crippen LogP contribution >= 0.6 is 0 Å². The van der Waals surface area contributed by atoms with Crippen LogP contribution < -0.4 is 15.2 Å². The minimum atomic E-state index is -1.00. The molecule has 3 heterocycles. The first-order chi connectivity index (χ1) is 16.7. The third-order valence-electron chi connectivity index (χ3n) is 5.23. The topological polar surface area (TPSA) is 132 Å². The summed E-state index contributed by atoms with van der Waals surface area (Å²) in [6, 6.07) is 5.92. The van der Waals surface area contributed by atoms with Crippen molar-refractivity contribution in [1.29, 1.82) is 5.26 Å². The van der Waals surface area contributed by atoms with E-state index in [0.29, 0.717) is 5.56 Å². The monoisotopic (exact) mass is 481 g/mol. The third kappa shape index (κ3) is 5.07. The van der Waals surface area contributed by atoms with Crippen LogP contribution in [0.5, 0.6) is 11.8 Å². The number of nitrogens with zero attached hydrogens (tertiary/aromatic N) is 6. The Hall–Kier alpha value is -4.04. The summed E-state index contributed by atoms with van der Waals surface area (Å²) in [5, 5.41) is 14.0. The quantitative estimate of drug-likeness (QED) is 0.586. The Bertz CT molecular complexity index is 1280. The molecule has 2 atom stereocenters. The van der Waals surface area contributed by atoms with Crippen molar-refractivity contribution in [3.63, 3.8) is 0 Å². The number of hydrogen-bond donors (Lipinski definition) is 1. The number of halogens is 1. The molecule has 0 fully saturated rings. The van der Waals surface area contributed by atoms with Crippen molar-refractivity contribution in [2.24, 2.45) is 7.05 Å². The molecule has 0 saturated heterocycles. The fourth-order valence-corrected chi connectivity index (χ4v) is 3.67. The zero-order valence-electron chi connectivity index (χ0n) is 20.5. The van der Waals surface area contributed by atoms with E-state index in [1.165, 1.54) is 29.1 Å². The van der Waals surface area contributed by atoms with E-state index < -0.39 is 18.0 Å². The molecule has 1 aliphatic heterocycles. The van der Waals surface area contributed by atoms with E-state index in [-0.39, 0.29) is 52.4 Å². The Morgan fingerprint density at radius 3 is 2.63 bits per heavy atom. The summed E-state index contributed by atoms with van der Waals surface area (Å²) in [7, 11) is 5.17. The first kappa shape index (κ1) is 25.6. The fraction of sp³-hybridized carbons (Fsp3) is 0.375. The number of nitrogens with two attached hydrogens (primary N) is 1. The lowest BCUT2D eigenvalue weighted by molar-refractivity contribution is 0.0728. The summed E-state index contributed by atoms with van der Waals surface area (Å²) >= 11 is 0. The van der Waals surface area contributed by atoms with Crippen LogP contribution in [0.15, 0.2) is 24.4 Å². The molecule has 2 aromatic heterocycles. The van der Waals surface area contributed by atoms with Crippen molar-refractivity contribution in [3.8, 4) is 29.1 Å². The number of rotatable bonds is 2. The number of ketones is 1. The van der Waals surface area contributed by atoms with E-state index in [9.17, 15) is 14.4 Å². The summed E-state index contributed by atoms with van der Waals surface area (Å²) in [6.45, 7) is 5.87. The number of nitriles is 1. The van der Waals surface area contributed by atoms with E-state index in [1.54, 1.807) is 33.0 Å². The van der Waals surface area contributed by atoms with E-state index in [1.807, 2.05) is 13.8 Å². The smallest absolute Gasteiger partial charge is 0.258 e. The Morgan fingerprint density at radius 1 is 1.26 bits per heavy atom. The van der Waals surface area contributed by atoms with Gasteiger partial charge in [0, 0.05) is 24.7 Å². The van der Waals surface area contributed by atoms with Crippen LogP contribution in [0.2, 0.25) is 0 Å². The summed E-state index contributed by atoms with van der Waals surface area (Å²) in [5.41, 5.74) is 7.18. The first-order valence-electron chi connectivity index (χ1n) is 11.1. The Labute approximate surface area is 203 Å². The lowest BCUT2D eigenvalue weighted by atomic mass is 9.96. The second kappa shape index (κ2) is 10.5. The van der Waals surface area contributed by atoms with Gasteiger partial charge in [-0.1, -0.05) is 13.8 Å². The molecule has 3 aromatic rings. The molecule has 10 nitrogen and oxygen atoms in total. The molecule has 2 bridgehead atoms. The van der Waals surface area contributed by atoms with Gasteiger partial charge >= 0.3 is 0 Å². The van der Waals surface area contributed by atoms with Gasteiger partial charge in [0.05, 0.1) is 6.20 Å². The van der Waals surface area contributed by atoms with Gasteiger partial charge in [-0.3, -0.25) is 9.48 Å². The lowest BCUT2D eigenvalue weighted by Gasteiger charge is -2.24. The van der Waals surface area contributed by atoms with Gasteiger partial charge in [-0.15, -0.1) is 5.10 Å². The van der Waals surface area contributed by atoms with Gasteiger partial charge in [0.1, 0.15) is 29.2 Å². The van der Waals surface area contributed by atoms with Crippen LogP contribution in [-0.4, -0.2) is 57.2 Å². The van der Waals surface area contributed by atoms with E-state index in [2.05, 4.69) is 21.1 Å². The largest absolute Gasteiger partial charge is 0.467 e. The SMILES string of the molecule is CC.CC1Oc2nc(cnc2N)-c2c(nn(C)c2C#N)OC(CN(C)C)C(=O)c2ccc(F)cc21. The number of aromatic nitrogens is 4. The van der Waals surface area contributed by atoms with Crippen molar-refractivity contribution < 1.29 is 18.7 Å². The van der Waals surface area contributed by atoms with Crippen LogP contribution in [-0.2, 0) is 7.05 Å². The highest BCUT2D eigenvalue weighted by molar-refractivity contribution is 6.01. The maximum atomic E-state index is 14.1. The molecule has 11 heteroatoms. The molecule has 35 heavy (non-hydrogen) atoms. The molecule has 2 unspecified atom stereocenters. The van der Waals surface area contributed by atoms with E-state index in [0.717, 1.165) is 0 Å². The lowest BCUT2D eigenvalue weighted by Crippen LogP contribution is -2.38. The van der Waals surface area contributed by atoms with Gasteiger partial charge in [-0.25, -0.2) is 14.4 Å². The number of fused-ring (bicyclic) bond motifs is 5. The van der Waals surface area contributed by atoms with Crippen LogP contribution in [0.1, 0.15) is 48.5 Å². The van der Waals surface area contributed by atoms with Crippen molar-refractivity contribution >= 4 is 11.6 Å². The molecule has 0 radical (unpaired) electrons. The Balaban J connectivity index is 0.00000167. The highest BCUT2D eigenvalue weighted by atomic mass is 19.1. The number of aryl methyl sites for hydroxylation is 1. The van der Waals surface area contributed by atoms with Gasteiger partial charge in [-0.2, -0.15) is 5.26 Å². The van der Waals surface area contributed by atoms with Crippen LogP contribution in [0.3, 0.4) is 0 Å². The highest BCUT2D eigenvalue weighted by Crippen LogP contribution is 2.36. The van der Waals surface area contributed by atoms with Gasteiger partial charge in [0.25, 0.3) is 5.88 Å². The minimum Gasteiger partial charge on any atom is -0.467 e. The van der Waals surface area contributed by atoms with Gasteiger partial charge in [0.2, 0.25) is 11.7 Å². The predicted molar refractivity (Wildman–Crippen MR) is 127 cm³/mol. The number of benzene rings is 1. The summed E-state index contributed by atoms with van der Waals surface area (Å²) < 4.78 is 27.5. The summed E-state index contributed by atoms with van der Waals surface area (Å²) in [6.07, 6.45) is -0.410. The fourth-order valence-electron chi connectivity index (χ4n) is 3.67. The average molecular weight is 482 g/mol. The van der Waals surface area contributed by atoms with Crippen molar-refractivity contribution in [2.45, 2.75) is 33.0 Å².